The molecule has 0 fully saturated rings. The SMILES string of the molecule is CCCNCC(=O)NCCS(=O)CC. The minimum absolute atomic E-state index is 0.0217. The maximum absolute atomic E-state index is 11.1. The molecule has 0 aliphatic rings. The van der Waals surface area contributed by atoms with Crippen LogP contribution in [0.2, 0.25) is 0 Å². The number of nitrogens with one attached hydrogen (secondary N) is 2. The highest BCUT2D eigenvalue weighted by atomic mass is 32.2. The molecule has 0 saturated carbocycles. The van der Waals surface area contributed by atoms with E-state index in [0.717, 1.165) is 13.0 Å². The lowest BCUT2D eigenvalue weighted by Gasteiger charge is -2.05. The molecule has 0 bridgehead atoms. The van der Waals surface area contributed by atoms with E-state index < -0.39 is 10.8 Å². The normalized spacial score (nSPS) is 12.4. The van der Waals surface area contributed by atoms with E-state index in [0.29, 0.717) is 24.6 Å². The maximum Gasteiger partial charge on any atom is 0.233 e. The standard InChI is InChI=1S/C9H20N2O2S/c1-3-5-10-8-9(12)11-6-7-14(13)4-2/h10H,3-8H2,1-2H3,(H,11,12). The first kappa shape index (κ1) is 13.6. The van der Waals surface area contributed by atoms with Gasteiger partial charge in [-0.1, -0.05) is 13.8 Å². The molecule has 5 heteroatoms. The van der Waals surface area contributed by atoms with Crippen LogP contribution in [-0.2, 0) is 15.6 Å². The average Bonchev–Trinajstić information content (AvgIpc) is 2.18. The van der Waals surface area contributed by atoms with E-state index in [1.807, 2.05) is 6.92 Å². The lowest BCUT2D eigenvalue weighted by Crippen LogP contribution is -2.36. The second kappa shape index (κ2) is 9.15. The van der Waals surface area contributed by atoms with Gasteiger partial charge in [-0.05, 0) is 13.0 Å². The highest BCUT2D eigenvalue weighted by Gasteiger charge is 2.00. The van der Waals surface area contributed by atoms with Gasteiger partial charge in [-0.25, -0.2) is 0 Å². The Morgan fingerprint density at radius 2 is 2.00 bits per heavy atom. The predicted octanol–water partition coefficient (Wildman–Crippen LogP) is -0.129. The number of hydrogen-bond acceptors (Lipinski definition) is 3. The van der Waals surface area contributed by atoms with Crippen molar-refractivity contribution in [3.63, 3.8) is 0 Å². The molecule has 0 saturated heterocycles. The first-order valence-corrected chi connectivity index (χ1v) is 6.51. The van der Waals surface area contributed by atoms with Crippen LogP contribution in [-0.4, -0.2) is 41.3 Å². The van der Waals surface area contributed by atoms with E-state index >= 15 is 0 Å². The molecule has 0 aromatic rings. The maximum atomic E-state index is 11.1. The van der Waals surface area contributed by atoms with Crippen LogP contribution in [0.3, 0.4) is 0 Å². The minimum atomic E-state index is -0.786. The lowest BCUT2D eigenvalue weighted by molar-refractivity contribution is -0.120. The molecule has 0 heterocycles. The third kappa shape index (κ3) is 8.19. The number of hydrogen-bond donors (Lipinski definition) is 2. The highest BCUT2D eigenvalue weighted by Crippen LogP contribution is 1.79. The lowest BCUT2D eigenvalue weighted by atomic mass is 10.4. The number of carbonyl (C=O) groups excluding carboxylic acids is 1. The van der Waals surface area contributed by atoms with Gasteiger partial charge in [0.25, 0.3) is 0 Å². The Labute approximate surface area is 88.3 Å². The van der Waals surface area contributed by atoms with Gasteiger partial charge in [0, 0.05) is 28.9 Å². The van der Waals surface area contributed by atoms with Crippen molar-refractivity contribution in [2.75, 3.05) is 31.1 Å². The first-order valence-electron chi connectivity index (χ1n) is 5.03. The third-order valence-electron chi connectivity index (χ3n) is 1.69. The van der Waals surface area contributed by atoms with E-state index in [4.69, 9.17) is 0 Å². The summed E-state index contributed by atoms with van der Waals surface area (Å²) in [6.07, 6.45) is 1.02. The van der Waals surface area contributed by atoms with Gasteiger partial charge < -0.3 is 10.6 Å². The van der Waals surface area contributed by atoms with Crippen molar-refractivity contribution in [1.82, 2.24) is 10.6 Å². The second-order valence-corrected chi connectivity index (χ2v) is 4.82. The molecular formula is C9H20N2O2S. The molecule has 84 valence electrons. The van der Waals surface area contributed by atoms with Crippen molar-refractivity contribution in [2.24, 2.45) is 0 Å². The topological polar surface area (TPSA) is 58.2 Å². The van der Waals surface area contributed by atoms with Crippen LogP contribution in [0.15, 0.2) is 0 Å². The Bertz CT molecular complexity index is 186. The van der Waals surface area contributed by atoms with Crippen molar-refractivity contribution in [3.8, 4) is 0 Å². The Kier molecular flexibility index (Phi) is 8.87. The molecule has 0 radical (unpaired) electrons. The largest absolute Gasteiger partial charge is 0.354 e. The summed E-state index contributed by atoms with van der Waals surface area (Å²) in [7, 11) is -0.786. The van der Waals surface area contributed by atoms with E-state index in [1.165, 1.54) is 0 Å². The van der Waals surface area contributed by atoms with Crippen molar-refractivity contribution in [2.45, 2.75) is 20.3 Å². The monoisotopic (exact) mass is 220 g/mol. The molecule has 0 rings (SSSR count). The fourth-order valence-corrected chi connectivity index (χ4v) is 1.51. The van der Waals surface area contributed by atoms with E-state index in [-0.39, 0.29) is 5.91 Å². The van der Waals surface area contributed by atoms with Crippen LogP contribution in [0.1, 0.15) is 20.3 Å². The van der Waals surface area contributed by atoms with Gasteiger partial charge in [0.15, 0.2) is 0 Å². The zero-order valence-electron chi connectivity index (χ0n) is 8.97. The molecule has 1 unspecified atom stereocenters. The molecular weight excluding hydrogens is 200 g/mol. The van der Waals surface area contributed by atoms with E-state index in [9.17, 15) is 9.00 Å². The van der Waals surface area contributed by atoms with E-state index in [1.54, 1.807) is 0 Å². The van der Waals surface area contributed by atoms with Crippen LogP contribution in [0.4, 0.5) is 0 Å². The van der Waals surface area contributed by atoms with Crippen molar-refractivity contribution >= 4 is 16.7 Å². The van der Waals surface area contributed by atoms with Gasteiger partial charge in [0.2, 0.25) is 5.91 Å². The fourth-order valence-electron chi connectivity index (χ4n) is 0.890. The summed E-state index contributed by atoms with van der Waals surface area (Å²) in [6.45, 7) is 5.64. The predicted molar refractivity (Wildman–Crippen MR) is 59.7 cm³/mol. The van der Waals surface area contributed by atoms with Crippen molar-refractivity contribution in [3.05, 3.63) is 0 Å². The molecule has 14 heavy (non-hydrogen) atoms. The van der Waals surface area contributed by atoms with Crippen LogP contribution in [0.5, 0.6) is 0 Å². The smallest absolute Gasteiger partial charge is 0.233 e. The Balaban J connectivity index is 3.31. The van der Waals surface area contributed by atoms with Gasteiger partial charge in [-0.3, -0.25) is 9.00 Å². The number of carbonyl (C=O) groups is 1. The number of amides is 1. The molecule has 4 nitrogen and oxygen atoms in total. The Morgan fingerprint density at radius 1 is 1.29 bits per heavy atom. The minimum Gasteiger partial charge on any atom is -0.354 e. The quantitative estimate of drug-likeness (QED) is 0.560. The molecule has 0 spiro atoms. The van der Waals surface area contributed by atoms with Crippen LogP contribution >= 0.6 is 0 Å². The van der Waals surface area contributed by atoms with Crippen molar-refractivity contribution in [1.29, 1.82) is 0 Å². The summed E-state index contributed by atoms with van der Waals surface area (Å²) in [5, 5.41) is 5.71. The van der Waals surface area contributed by atoms with Gasteiger partial charge in [-0.2, -0.15) is 0 Å². The molecule has 0 aromatic carbocycles. The van der Waals surface area contributed by atoms with Crippen LogP contribution in [0.25, 0.3) is 0 Å². The summed E-state index contributed by atoms with van der Waals surface area (Å²) in [5.74, 6) is 1.19. The summed E-state index contributed by atoms with van der Waals surface area (Å²) >= 11 is 0. The Hall–Kier alpha value is -0.420. The fraction of sp³-hybridized carbons (Fsp3) is 0.889. The summed E-state index contributed by atoms with van der Waals surface area (Å²) in [4.78, 5) is 11.1. The summed E-state index contributed by atoms with van der Waals surface area (Å²) in [6, 6.07) is 0. The van der Waals surface area contributed by atoms with Gasteiger partial charge in [-0.15, -0.1) is 0 Å². The zero-order valence-corrected chi connectivity index (χ0v) is 9.78. The molecule has 1 amide bonds. The molecule has 0 aliphatic carbocycles. The van der Waals surface area contributed by atoms with Gasteiger partial charge in [0.1, 0.15) is 0 Å². The zero-order chi connectivity index (χ0) is 10.8. The highest BCUT2D eigenvalue weighted by molar-refractivity contribution is 7.84. The van der Waals surface area contributed by atoms with E-state index in [2.05, 4.69) is 17.6 Å². The number of rotatable bonds is 8. The average molecular weight is 220 g/mol. The summed E-state index contributed by atoms with van der Waals surface area (Å²) in [5.41, 5.74) is 0. The summed E-state index contributed by atoms with van der Waals surface area (Å²) < 4.78 is 11.0. The van der Waals surface area contributed by atoms with Gasteiger partial charge in [0.05, 0.1) is 6.54 Å². The Morgan fingerprint density at radius 3 is 2.57 bits per heavy atom. The third-order valence-corrected chi connectivity index (χ3v) is 2.99. The van der Waals surface area contributed by atoms with Crippen LogP contribution in [0, 0.1) is 0 Å². The second-order valence-electron chi connectivity index (χ2n) is 2.96. The van der Waals surface area contributed by atoms with Crippen molar-refractivity contribution < 1.29 is 9.00 Å². The van der Waals surface area contributed by atoms with Gasteiger partial charge >= 0.3 is 0 Å². The molecule has 1 atom stereocenters. The molecule has 2 N–H and O–H groups in total. The molecule has 0 aliphatic heterocycles. The molecule has 0 aromatic heterocycles. The first-order chi connectivity index (χ1) is 6.70. The van der Waals surface area contributed by atoms with Crippen LogP contribution < -0.4 is 10.6 Å².